The van der Waals surface area contributed by atoms with E-state index >= 15 is 0 Å². The molecule has 138 valence electrons. The maximum atomic E-state index is 12.7. The second kappa shape index (κ2) is 7.69. The van der Waals surface area contributed by atoms with Crippen LogP contribution in [0, 0.1) is 0 Å². The summed E-state index contributed by atoms with van der Waals surface area (Å²) in [6, 6.07) is 1.90. The zero-order valence-corrected chi connectivity index (χ0v) is 14.6. The van der Waals surface area contributed by atoms with Crippen molar-refractivity contribution >= 4 is 11.8 Å². The highest BCUT2D eigenvalue weighted by molar-refractivity contribution is 5.74. The van der Waals surface area contributed by atoms with Gasteiger partial charge in [-0.2, -0.15) is 0 Å². The molecule has 1 fully saturated rings. The molecule has 2 amide bonds. The molecule has 0 atom stereocenters. The van der Waals surface area contributed by atoms with Crippen LogP contribution in [-0.2, 0) is 24.1 Å². The molecule has 9 nitrogen and oxygen atoms in total. The van der Waals surface area contributed by atoms with Crippen LogP contribution in [0.25, 0.3) is 0 Å². The number of aromatic nitrogens is 3. The molecule has 0 aliphatic carbocycles. The number of urea groups is 1. The summed E-state index contributed by atoms with van der Waals surface area (Å²) >= 11 is 0. The van der Waals surface area contributed by atoms with Gasteiger partial charge in [-0.1, -0.05) is 5.16 Å². The van der Waals surface area contributed by atoms with Crippen molar-refractivity contribution in [2.45, 2.75) is 19.4 Å². The van der Waals surface area contributed by atoms with Gasteiger partial charge >= 0.3 is 6.03 Å². The highest BCUT2D eigenvalue weighted by atomic mass is 16.5. The monoisotopic (exact) mass is 358 g/mol. The van der Waals surface area contributed by atoms with E-state index in [1.807, 2.05) is 15.9 Å². The first-order chi connectivity index (χ1) is 12.8. The van der Waals surface area contributed by atoms with Crippen molar-refractivity contribution in [3.8, 4) is 0 Å². The molecule has 1 saturated heterocycles. The number of hydrogen-bond donors (Lipinski definition) is 1. The number of anilines is 1. The number of nitrogens with one attached hydrogen (secondary N) is 1. The molecular formula is C17H22N6O3. The van der Waals surface area contributed by atoms with E-state index in [4.69, 9.17) is 9.26 Å². The standard InChI is InChI=1S/C17H22N6O3/c24-17(23-6-9-25-10-7-23)22-4-1-14-15(2-5-22)19-12-20-16(14)18-11-13-3-8-26-21-13/h3,8,12H,1-2,4-7,9-11H2,(H,18,19,20). The normalized spacial score (nSPS) is 17.5. The first kappa shape index (κ1) is 16.8. The smallest absolute Gasteiger partial charge is 0.320 e. The minimum Gasteiger partial charge on any atom is -0.378 e. The van der Waals surface area contributed by atoms with Gasteiger partial charge in [-0.3, -0.25) is 0 Å². The number of nitrogens with zero attached hydrogens (tertiary/aromatic N) is 5. The quantitative estimate of drug-likeness (QED) is 0.872. The Balaban J connectivity index is 1.43. The first-order valence-electron chi connectivity index (χ1n) is 8.89. The topological polar surface area (TPSA) is 96.6 Å². The maximum Gasteiger partial charge on any atom is 0.320 e. The van der Waals surface area contributed by atoms with Crippen molar-refractivity contribution in [3.63, 3.8) is 0 Å². The summed E-state index contributed by atoms with van der Waals surface area (Å²) in [5.74, 6) is 0.804. The summed E-state index contributed by atoms with van der Waals surface area (Å²) in [6.45, 7) is 4.41. The summed E-state index contributed by atoms with van der Waals surface area (Å²) in [6.07, 6.45) is 4.58. The molecule has 0 radical (unpaired) electrons. The molecule has 2 aliphatic rings. The largest absolute Gasteiger partial charge is 0.378 e. The summed E-state index contributed by atoms with van der Waals surface area (Å²) in [5.41, 5.74) is 2.89. The SMILES string of the molecule is O=C(N1CCOCC1)N1CCc2ncnc(NCc3ccon3)c2CC1. The third-order valence-corrected chi connectivity index (χ3v) is 4.77. The average molecular weight is 358 g/mol. The van der Waals surface area contributed by atoms with Crippen molar-refractivity contribution in [1.82, 2.24) is 24.9 Å². The fraction of sp³-hybridized carbons (Fsp3) is 0.529. The molecule has 2 aromatic heterocycles. The van der Waals surface area contributed by atoms with Gasteiger partial charge in [0.2, 0.25) is 0 Å². The zero-order valence-electron chi connectivity index (χ0n) is 14.6. The van der Waals surface area contributed by atoms with E-state index in [1.165, 1.54) is 0 Å². The highest BCUT2D eigenvalue weighted by Gasteiger charge is 2.26. The lowest BCUT2D eigenvalue weighted by Gasteiger charge is -2.32. The summed E-state index contributed by atoms with van der Waals surface area (Å²) in [7, 11) is 0. The van der Waals surface area contributed by atoms with Crippen LogP contribution < -0.4 is 5.32 Å². The van der Waals surface area contributed by atoms with E-state index in [1.54, 1.807) is 12.6 Å². The van der Waals surface area contributed by atoms with E-state index in [9.17, 15) is 4.79 Å². The molecule has 0 aromatic carbocycles. The van der Waals surface area contributed by atoms with E-state index in [0.717, 1.165) is 35.6 Å². The Morgan fingerprint density at radius 2 is 1.92 bits per heavy atom. The average Bonchev–Trinajstić information content (AvgIpc) is 3.11. The molecule has 0 spiro atoms. The van der Waals surface area contributed by atoms with Crippen LogP contribution in [0.4, 0.5) is 10.6 Å². The Kier molecular flexibility index (Phi) is 4.96. The fourth-order valence-electron chi connectivity index (χ4n) is 3.33. The number of carbonyl (C=O) groups is 1. The number of fused-ring (bicyclic) bond motifs is 1. The van der Waals surface area contributed by atoms with Gasteiger partial charge in [0.25, 0.3) is 0 Å². The molecule has 0 saturated carbocycles. The van der Waals surface area contributed by atoms with Crippen LogP contribution in [0.15, 0.2) is 23.2 Å². The highest BCUT2D eigenvalue weighted by Crippen LogP contribution is 2.21. The number of rotatable bonds is 3. The number of carbonyl (C=O) groups excluding carboxylic acids is 1. The Morgan fingerprint density at radius 3 is 2.73 bits per heavy atom. The Labute approximate surface area is 151 Å². The lowest BCUT2D eigenvalue weighted by atomic mass is 10.1. The third kappa shape index (κ3) is 3.62. The molecular weight excluding hydrogens is 336 g/mol. The maximum absolute atomic E-state index is 12.7. The van der Waals surface area contributed by atoms with Gasteiger partial charge in [0.1, 0.15) is 24.1 Å². The van der Waals surface area contributed by atoms with Crippen molar-refractivity contribution in [2.24, 2.45) is 0 Å². The molecule has 4 heterocycles. The lowest BCUT2D eigenvalue weighted by molar-refractivity contribution is 0.0436. The molecule has 1 N–H and O–H groups in total. The van der Waals surface area contributed by atoms with Crippen LogP contribution in [0.1, 0.15) is 17.0 Å². The molecule has 4 rings (SSSR count). The van der Waals surface area contributed by atoms with Crippen molar-refractivity contribution in [2.75, 3.05) is 44.7 Å². The summed E-state index contributed by atoms with van der Waals surface area (Å²) in [4.78, 5) is 25.3. The van der Waals surface area contributed by atoms with Crippen LogP contribution in [0.2, 0.25) is 0 Å². The van der Waals surface area contributed by atoms with Crippen LogP contribution >= 0.6 is 0 Å². The Hall–Kier alpha value is -2.68. The predicted molar refractivity (Wildman–Crippen MR) is 92.6 cm³/mol. The minimum atomic E-state index is 0.0890. The molecule has 26 heavy (non-hydrogen) atoms. The van der Waals surface area contributed by atoms with Gasteiger partial charge in [0, 0.05) is 44.2 Å². The van der Waals surface area contributed by atoms with E-state index in [-0.39, 0.29) is 6.03 Å². The first-order valence-corrected chi connectivity index (χ1v) is 8.89. The predicted octanol–water partition coefficient (Wildman–Crippen LogP) is 0.929. The molecule has 2 aliphatic heterocycles. The number of morpholine rings is 1. The fourth-order valence-corrected chi connectivity index (χ4v) is 3.33. The van der Waals surface area contributed by atoms with Crippen molar-refractivity contribution in [3.05, 3.63) is 35.6 Å². The van der Waals surface area contributed by atoms with Gasteiger partial charge in [0.15, 0.2) is 0 Å². The molecule has 0 bridgehead atoms. The van der Waals surface area contributed by atoms with Gasteiger partial charge in [-0.25, -0.2) is 14.8 Å². The van der Waals surface area contributed by atoms with Crippen molar-refractivity contribution in [1.29, 1.82) is 0 Å². The van der Waals surface area contributed by atoms with E-state index < -0.39 is 0 Å². The molecule has 0 unspecified atom stereocenters. The second-order valence-electron chi connectivity index (χ2n) is 6.36. The third-order valence-electron chi connectivity index (χ3n) is 4.77. The lowest BCUT2D eigenvalue weighted by Crippen LogP contribution is -2.48. The summed E-state index contributed by atoms with van der Waals surface area (Å²) < 4.78 is 10.2. The minimum absolute atomic E-state index is 0.0890. The Morgan fingerprint density at radius 1 is 1.12 bits per heavy atom. The molecule has 2 aromatic rings. The Bertz CT molecular complexity index is 745. The van der Waals surface area contributed by atoms with Crippen LogP contribution in [0.5, 0.6) is 0 Å². The molecule has 9 heteroatoms. The van der Waals surface area contributed by atoms with Crippen LogP contribution in [-0.4, -0.2) is 70.3 Å². The second-order valence-corrected chi connectivity index (χ2v) is 6.36. The van der Waals surface area contributed by atoms with Crippen LogP contribution in [0.3, 0.4) is 0 Å². The van der Waals surface area contributed by atoms with Gasteiger partial charge < -0.3 is 24.4 Å². The van der Waals surface area contributed by atoms with Gasteiger partial charge in [-0.15, -0.1) is 0 Å². The number of ether oxygens (including phenoxy) is 1. The van der Waals surface area contributed by atoms with E-state index in [0.29, 0.717) is 45.9 Å². The van der Waals surface area contributed by atoms with Gasteiger partial charge in [0.05, 0.1) is 25.5 Å². The number of amides is 2. The van der Waals surface area contributed by atoms with E-state index in [2.05, 4.69) is 20.4 Å². The van der Waals surface area contributed by atoms with Gasteiger partial charge in [-0.05, 0) is 6.42 Å². The van der Waals surface area contributed by atoms with Crippen molar-refractivity contribution < 1.29 is 14.1 Å². The number of hydrogen-bond acceptors (Lipinski definition) is 7. The summed E-state index contributed by atoms with van der Waals surface area (Å²) in [5, 5.41) is 7.21. The zero-order chi connectivity index (χ0) is 17.8.